The van der Waals surface area contributed by atoms with E-state index >= 15 is 0 Å². The summed E-state index contributed by atoms with van der Waals surface area (Å²) in [5, 5.41) is 8.13. The second-order valence-corrected chi connectivity index (χ2v) is 4.47. The summed E-state index contributed by atoms with van der Waals surface area (Å²) in [7, 11) is 2.06. The Morgan fingerprint density at radius 3 is 2.72 bits per heavy atom. The van der Waals surface area contributed by atoms with Crippen molar-refractivity contribution in [3.63, 3.8) is 0 Å². The van der Waals surface area contributed by atoms with E-state index < -0.39 is 0 Å². The van der Waals surface area contributed by atoms with Crippen molar-refractivity contribution in [2.24, 2.45) is 0 Å². The zero-order valence-corrected chi connectivity index (χ0v) is 11.3. The number of aromatic nitrogens is 4. The highest BCUT2D eigenvalue weighted by Crippen LogP contribution is 2.15. The molecule has 0 saturated heterocycles. The fourth-order valence-corrected chi connectivity index (χ4v) is 1.97. The molecule has 0 unspecified atom stereocenters. The zero-order chi connectivity index (χ0) is 13.1. The second kappa shape index (κ2) is 5.30. The van der Waals surface area contributed by atoms with E-state index in [4.69, 9.17) is 4.52 Å². The van der Waals surface area contributed by atoms with Crippen LogP contribution in [0.4, 0.5) is 0 Å². The summed E-state index contributed by atoms with van der Waals surface area (Å²) < 4.78 is 7.07. The first kappa shape index (κ1) is 12.8. The van der Waals surface area contributed by atoms with E-state index in [0.717, 1.165) is 42.5 Å². The molecule has 2 aromatic rings. The van der Waals surface area contributed by atoms with Crippen LogP contribution in [0.15, 0.2) is 10.9 Å². The van der Waals surface area contributed by atoms with Crippen LogP contribution in [0.2, 0.25) is 0 Å². The number of nitrogens with zero attached hydrogens (tertiary/aromatic N) is 5. The molecule has 0 N–H and O–H groups in total. The first-order valence-electron chi connectivity index (χ1n) is 6.08. The molecule has 2 aromatic heterocycles. The lowest BCUT2D eigenvalue weighted by molar-refractivity contribution is 0.300. The monoisotopic (exact) mass is 249 g/mol. The molecule has 0 atom stereocenters. The molecule has 0 aliphatic carbocycles. The Bertz CT molecular complexity index is 497. The van der Waals surface area contributed by atoms with Crippen molar-refractivity contribution >= 4 is 0 Å². The third kappa shape index (κ3) is 2.59. The molecule has 0 radical (unpaired) electrons. The van der Waals surface area contributed by atoms with Crippen LogP contribution in [0, 0.1) is 13.8 Å². The van der Waals surface area contributed by atoms with Gasteiger partial charge in [0.15, 0.2) is 0 Å². The van der Waals surface area contributed by atoms with E-state index in [-0.39, 0.29) is 0 Å². The Kier molecular flexibility index (Phi) is 3.76. The van der Waals surface area contributed by atoms with Gasteiger partial charge in [-0.1, -0.05) is 5.16 Å². The van der Waals surface area contributed by atoms with Crippen LogP contribution in [-0.2, 0) is 19.6 Å². The van der Waals surface area contributed by atoms with Gasteiger partial charge in [-0.25, -0.2) is 9.67 Å². The minimum Gasteiger partial charge on any atom is -0.361 e. The van der Waals surface area contributed by atoms with Gasteiger partial charge in [-0.2, -0.15) is 5.10 Å². The lowest BCUT2D eigenvalue weighted by atomic mass is 10.2. The maximum absolute atomic E-state index is 5.17. The Hall–Kier alpha value is -1.69. The highest BCUT2D eigenvalue weighted by Gasteiger charge is 2.13. The third-order valence-electron chi connectivity index (χ3n) is 3.02. The van der Waals surface area contributed by atoms with Crippen LogP contribution in [0.3, 0.4) is 0 Å². The Balaban J connectivity index is 2.03. The van der Waals surface area contributed by atoms with Crippen molar-refractivity contribution < 1.29 is 4.52 Å². The van der Waals surface area contributed by atoms with E-state index in [1.165, 1.54) is 0 Å². The van der Waals surface area contributed by atoms with Crippen LogP contribution in [0.1, 0.15) is 29.8 Å². The number of rotatable bonds is 5. The summed E-state index contributed by atoms with van der Waals surface area (Å²) in [6.07, 6.45) is 1.60. The van der Waals surface area contributed by atoms with Gasteiger partial charge >= 0.3 is 0 Å². The highest BCUT2D eigenvalue weighted by atomic mass is 16.5. The maximum Gasteiger partial charge on any atom is 0.140 e. The molecule has 0 saturated carbocycles. The number of aryl methyl sites for hydroxylation is 3. The second-order valence-electron chi connectivity index (χ2n) is 4.47. The molecule has 0 aliphatic heterocycles. The van der Waals surface area contributed by atoms with Gasteiger partial charge < -0.3 is 4.52 Å². The number of hydrogen-bond donors (Lipinski definition) is 0. The molecular weight excluding hydrogens is 230 g/mol. The Morgan fingerprint density at radius 2 is 2.11 bits per heavy atom. The predicted octanol–water partition coefficient (Wildman–Crippen LogP) is 1.53. The zero-order valence-electron chi connectivity index (χ0n) is 11.3. The van der Waals surface area contributed by atoms with E-state index in [2.05, 4.69) is 34.1 Å². The largest absolute Gasteiger partial charge is 0.361 e. The average Bonchev–Trinajstić information content (AvgIpc) is 2.90. The topological polar surface area (TPSA) is 60.0 Å². The molecule has 18 heavy (non-hydrogen) atoms. The van der Waals surface area contributed by atoms with Gasteiger partial charge in [0.25, 0.3) is 0 Å². The van der Waals surface area contributed by atoms with Gasteiger partial charge in [-0.3, -0.25) is 4.90 Å². The summed E-state index contributed by atoms with van der Waals surface area (Å²) in [6, 6.07) is 0. The van der Waals surface area contributed by atoms with Gasteiger partial charge in [0.05, 0.1) is 12.2 Å². The van der Waals surface area contributed by atoms with Crippen LogP contribution < -0.4 is 0 Å². The van der Waals surface area contributed by atoms with E-state index in [9.17, 15) is 0 Å². The molecular formula is C12H19N5O. The normalized spacial score (nSPS) is 11.4. The summed E-state index contributed by atoms with van der Waals surface area (Å²) in [6.45, 7) is 8.38. The average molecular weight is 249 g/mol. The summed E-state index contributed by atoms with van der Waals surface area (Å²) in [5.74, 6) is 1.86. The van der Waals surface area contributed by atoms with Crippen molar-refractivity contribution in [1.82, 2.24) is 24.8 Å². The molecule has 0 spiro atoms. The molecule has 0 fully saturated rings. The first-order chi connectivity index (χ1) is 8.61. The van der Waals surface area contributed by atoms with Crippen LogP contribution in [-0.4, -0.2) is 31.9 Å². The third-order valence-corrected chi connectivity index (χ3v) is 3.02. The molecule has 2 heterocycles. The quantitative estimate of drug-likeness (QED) is 0.804. The van der Waals surface area contributed by atoms with E-state index in [1.54, 1.807) is 6.33 Å². The van der Waals surface area contributed by atoms with Crippen LogP contribution in [0.25, 0.3) is 0 Å². The lowest BCUT2D eigenvalue weighted by Crippen LogP contribution is -2.21. The highest BCUT2D eigenvalue weighted by molar-refractivity contribution is 5.20. The van der Waals surface area contributed by atoms with E-state index in [1.807, 2.05) is 18.5 Å². The molecule has 6 heteroatoms. The SMILES string of the molecule is CCn1ncnc1CN(C)Cc1c(C)noc1C. The molecule has 2 rings (SSSR count). The smallest absolute Gasteiger partial charge is 0.140 e. The van der Waals surface area contributed by atoms with Crippen molar-refractivity contribution in [3.05, 3.63) is 29.2 Å². The molecule has 0 amide bonds. The van der Waals surface area contributed by atoms with Gasteiger partial charge in [0.1, 0.15) is 17.9 Å². The van der Waals surface area contributed by atoms with Gasteiger partial charge in [-0.05, 0) is 27.8 Å². The fraction of sp³-hybridized carbons (Fsp3) is 0.583. The van der Waals surface area contributed by atoms with Crippen molar-refractivity contribution in [2.45, 2.75) is 40.4 Å². The van der Waals surface area contributed by atoms with Crippen molar-refractivity contribution in [3.8, 4) is 0 Å². The molecule has 98 valence electrons. The minimum atomic E-state index is 0.762. The van der Waals surface area contributed by atoms with Crippen molar-refractivity contribution in [1.29, 1.82) is 0 Å². The fourth-order valence-electron chi connectivity index (χ4n) is 1.97. The lowest BCUT2D eigenvalue weighted by Gasteiger charge is -2.16. The van der Waals surface area contributed by atoms with Crippen LogP contribution in [0.5, 0.6) is 0 Å². The minimum absolute atomic E-state index is 0.762. The molecule has 6 nitrogen and oxygen atoms in total. The summed E-state index contributed by atoms with van der Waals surface area (Å²) in [4.78, 5) is 6.46. The van der Waals surface area contributed by atoms with Crippen molar-refractivity contribution in [2.75, 3.05) is 7.05 Å². The van der Waals surface area contributed by atoms with E-state index in [0.29, 0.717) is 0 Å². The molecule has 0 aromatic carbocycles. The molecule has 0 bridgehead atoms. The standard InChI is InChI=1S/C12H19N5O/c1-5-17-12(13-8-14-17)7-16(4)6-11-9(2)15-18-10(11)3/h8H,5-7H2,1-4H3. The summed E-state index contributed by atoms with van der Waals surface area (Å²) >= 11 is 0. The van der Waals surface area contributed by atoms with Gasteiger partial charge in [0, 0.05) is 18.7 Å². The number of hydrogen-bond acceptors (Lipinski definition) is 5. The Labute approximate surface area is 107 Å². The first-order valence-corrected chi connectivity index (χ1v) is 6.08. The van der Waals surface area contributed by atoms with Gasteiger partial charge in [-0.15, -0.1) is 0 Å². The summed E-state index contributed by atoms with van der Waals surface area (Å²) in [5.41, 5.74) is 2.11. The maximum atomic E-state index is 5.17. The molecule has 0 aliphatic rings. The van der Waals surface area contributed by atoms with Gasteiger partial charge in [0.2, 0.25) is 0 Å². The Morgan fingerprint density at radius 1 is 1.33 bits per heavy atom. The predicted molar refractivity (Wildman–Crippen MR) is 66.8 cm³/mol. The van der Waals surface area contributed by atoms with Crippen LogP contribution >= 0.6 is 0 Å².